The van der Waals surface area contributed by atoms with E-state index in [-0.39, 0.29) is 22.6 Å². The van der Waals surface area contributed by atoms with E-state index < -0.39 is 16.1 Å². The van der Waals surface area contributed by atoms with Crippen molar-refractivity contribution >= 4 is 21.8 Å². The van der Waals surface area contributed by atoms with Crippen LogP contribution in [0.4, 0.5) is 0 Å². The van der Waals surface area contributed by atoms with Gasteiger partial charge < -0.3 is 14.6 Å². The van der Waals surface area contributed by atoms with Crippen molar-refractivity contribution in [2.75, 3.05) is 19.6 Å². The second kappa shape index (κ2) is 9.46. The molecule has 4 rings (SSSR count). The van der Waals surface area contributed by atoms with E-state index >= 15 is 0 Å². The van der Waals surface area contributed by atoms with Crippen LogP contribution in [0.3, 0.4) is 0 Å². The average molecular weight is 460 g/mol. The molecule has 9 heteroatoms. The molecule has 2 aliphatic rings. The van der Waals surface area contributed by atoms with Gasteiger partial charge in [-0.25, -0.2) is 8.42 Å². The molecule has 2 amide bonds. The first-order valence-corrected chi connectivity index (χ1v) is 12.5. The number of sulfonamides is 1. The molecule has 0 bridgehead atoms. The standard InChI is InChI=1S/C23H29N3O5S/c1-17-6-8-20(9-7-17)32(29,30)25-13-10-18(11-14-25)23(28)26-12-2-5-21(26)22(27)24-16-19-4-3-15-31-19/h3-4,6-9,15,18,21H,2,5,10-14,16H2,1H3,(H,24,27)/t21-/m0/s1. The highest BCUT2D eigenvalue weighted by atomic mass is 32.2. The summed E-state index contributed by atoms with van der Waals surface area (Å²) >= 11 is 0. The average Bonchev–Trinajstić information content (AvgIpc) is 3.49. The summed E-state index contributed by atoms with van der Waals surface area (Å²) < 4.78 is 32.5. The molecular formula is C23H29N3O5S. The number of hydrogen-bond donors (Lipinski definition) is 1. The summed E-state index contributed by atoms with van der Waals surface area (Å²) in [5.41, 5.74) is 1.00. The Kier molecular flexibility index (Phi) is 6.66. The van der Waals surface area contributed by atoms with Gasteiger partial charge in [0, 0.05) is 25.6 Å². The first-order valence-electron chi connectivity index (χ1n) is 11.0. The molecule has 0 radical (unpaired) electrons. The van der Waals surface area contributed by atoms with Crippen LogP contribution in [0.25, 0.3) is 0 Å². The molecule has 0 aliphatic carbocycles. The van der Waals surface area contributed by atoms with Crippen molar-refractivity contribution in [3.05, 3.63) is 54.0 Å². The van der Waals surface area contributed by atoms with Crippen molar-refractivity contribution in [2.45, 2.75) is 50.1 Å². The first kappa shape index (κ1) is 22.5. The Morgan fingerprint density at radius 1 is 1.06 bits per heavy atom. The molecule has 2 aliphatic heterocycles. The minimum Gasteiger partial charge on any atom is -0.467 e. The predicted molar refractivity (Wildman–Crippen MR) is 118 cm³/mol. The SMILES string of the molecule is Cc1ccc(S(=O)(=O)N2CCC(C(=O)N3CCC[C@H]3C(=O)NCc3ccco3)CC2)cc1. The van der Waals surface area contributed by atoms with Crippen LogP contribution in [-0.2, 0) is 26.2 Å². The number of piperidine rings is 1. The van der Waals surface area contributed by atoms with Crippen LogP contribution in [0.2, 0.25) is 0 Å². The maximum atomic E-state index is 13.2. The molecule has 2 saturated heterocycles. The Hall–Kier alpha value is -2.65. The van der Waals surface area contributed by atoms with Crippen molar-refractivity contribution in [3.63, 3.8) is 0 Å². The first-order chi connectivity index (χ1) is 15.4. The Morgan fingerprint density at radius 3 is 2.44 bits per heavy atom. The quantitative estimate of drug-likeness (QED) is 0.715. The fourth-order valence-electron chi connectivity index (χ4n) is 4.45. The molecule has 0 saturated carbocycles. The van der Waals surface area contributed by atoms with Crippen LogP contribution in [0.5, 0.6) is 0 Å². The Labute approximate surface area is 188 Å². The fourth-order valence-corrected chi connectivity index (χ4v) is 5.91. The maximum Gasteiger partial charge on any atom is 0.243 e. The normalized spacial score (nSPS) is 20.4. The molecule has 32 heavy (non-hydrogen) atoms. The number of likely N-dealkylation sites (tertiary alicyclic amines) is 1. The fraction of sp³-hybridized carbons (Fsp3) is 0.478. The molecule has 1 aromatic heterocycles. The van der Waals surface area contributed by atoms with Gasteiger partial charge in [0.2, 0.25) is 21.8 Å². The highest BCUT2D eigenvalue weighted by Crippen LogP contribution is 2.28. The van der Waals surface area contributed by atoms with Gasteiger partial charge in [-0.3, -0.25) is 9.59 Å². The molecule has 2 fully saturated rings. The summed E-state index contributed by atoms with van der Waals surface area (Å²) in [5.74, 6) is 0.175. The van der Waals surface area contributed by atoms with Gasteiger partial charge in [0.05, 0.1) is 17.7 Å². The second-order valence-corrected chi connectivity index (χ2v) is 10.4. The maximum absolute atomic E-state index is 13.2. The zero-order valence-corrected chi connectivity index (χ0v) is 19.0. The Morgan fingerprint density at radius 2 is 1.78 bits per heavy atom. The summed E-state index contributed by atoms with van der Waals surface area (Å²) in [6.45, 7) is 3.36. The molecule has 2 aromatic rings. The van der Waals surface area contributed by atoms with Crippen molar-refractivity contribution in [1.82, 2.24) is 14.5 Å². The van der Waals surface area contributed by atoms with Crippen molar-refractivity contribution in [1.29, 1.82) is 0 Å². The molecule has 1 atom stereocenters. The lowest BCUT2D eigenvalue weighted by Crippen LogP contribution is -2.49. The zero-order valence-electron chi connectivity index (χ0n) is 18.2. The molecule has 172 valence electrons. The number of rotatable bonds is 6. The smallest absolute Gasteiger partial charge is 0.243 e. The van der Waals surface area contributed by atoms with Crippen LogP contribution in [-0.4, -0.2) is 55.1 Å². The molecule has 1 aromatic carbocycles. The minimum absolute atomic E-state index is 0.0481. The molecule has 1 N–H and O–H groups in total. The minimum atomic E-state index is -3.56. The van der Waals surface area contributed by atoms with Crippen molar-refractivity contribution in [3.8, 4) is 0 Å². The lowest BCUT2D eigenvalue weighted by molar-refractivity contribution is -0.142. The summed E-state index contributed by atoms with van der Waals surface area (Å²) in [6, 6.07) is 9.89. The van der Waals surface area contributed by atoms with E-state index in [2.05, 4.69) is 5.32 Å². The molecule has 3 heterocycles. The monoisotopic (exact) mass is 459 g/mol. The van der Waals surface area contributed by atoms with Crippen molar-refractivity contribution in [2.24, 2.45) is 5.92 Å². The number of carbonyl (C=O) groups is 2. The van der Waals surface area contributed by atoms with E-state index in [1.54, 1.807) is 47.6 Å². The molecule has 8 nitrogen and oxygen atoms in total. The second-order valence-electron chi connectivity index (χ2n) is 8.48. The van der Waals surface area contributed by atoms with Gasteiger partial charge in [0.15, 0.2) is 0 Å². The zero-order chi connectivity index (χ0) is 22.7. The summed E-state index contributed by atoms with van der Waals surface area (Å²) in [4.78, 5) is 27.8. The number of amides is 2. The van der Waals surface area contributed by atoms with Gasteiger partial charge in [-0.05, 0) is 56.9 Å². The Bertz CT molecular complexity index is 1040. The topological polar surface area (TPSA) is 99.9 Å². The number of benzene rings is 1. The summed E-state index contributed by atoms with van der Waals surface area (Å²) in [5, 5.41) is 2.85. The van der Waals surface area contributed by atoms with E-state index in [4.69, 9.17) is 4.42 Å². The highest BCUT2D eigenvalue weighted by molar-refractivity contribution is 7.89. The number of hydrogen-bond acceptors (Lipinski definition) is 5. The number of nitrogens with one attached hydrogen (secondary N) is 1. The van der Waals surface area contributed by atoms with E-state index in [1.807, 2.05) is 6.92 Å². The van der Waals surface area contributed by atoms with Gasteiger partial charge in [0.1, 0.15) is 11.8 Å². The van der Waals surface area contributed by atoms with Gasteiger partial charge >= 0.3 is 0 Å². The van der Waals surface area contributed by atoms with E-state index in [1.165, 1.54) is 4.31 Å². The molecular weight excluding hydrogens is 430 g/mol. The lowest BCUT2D eigenvalue weighted by atomic mass is 9.96. The van der Waals surface area contributed by atoms with Crippen LogP contribution < -0.4 is 5.32 Å². The lowest BCUT2D eigenvalue weighted by Gasteiger charge is -2.34. The molecule has 0 unspecified atom stereocenters. The number of aryl methyl sites for hydroxylation is 1. The molecule has 0 spiro atoms. The van der Waals surface area contributed by atoms with Crippen LogP contribution in [0.1, 0.15) is 37.0 Å². The number of carbonyl (C=O) groups excluding carboxylic acids is 2. The van der Waals surface area contributed by atoms with E-state index in [0.717, 1.165) is 12.0 Å². The predicted octanol–water partition coefficient (Wildman–Crippen LogP) is 2.30. The van der Waals surface area contributed by atoms with Gasteiger partial charge in [0.25, 0.3) is 0 Å². The van der Waals surface area contributed by atoms with Crippen LogP contribution >= 0.6 is 0 Å². The third-order valence-electron chi connectivity index (χ3n) is 6.32. The van der Waals surface area contributed by atoms with E-state index in [0.29, 0.717) is 51.2 Å². The third-order valence-corrected chi connectivity index (χ3v) is 8.23. The van der Waals surface area contributed by atoms with Gasteiger partial charge in [-0.2, -0.15) is 4.31 Å². The highest BCUT2D eigenvalue weighted by Gasteiger charge is 2.39. The largest absolute Gasteiger partial charge is 0.467 e. The number of furan rings is 1. The summed E-state index contributed by atoms with van der Waals surface area (Å²) in [6.07, 6.45) is 3.89. The van der Waals surface area contributed by atoms with Crippen LogP contribution in [0, 0.1) is 12.8 Å². The van der Waals surface area contributed by atoms with Crippen LogP contribution in [0.15, 0.2) is 52.0 Å². The van der Waals surface area contributed by atoms with Crippen molar-refractivity contribution < 1.29 is 22.4 Å². The summed E-state index contributed by atoms with van der Waals surface area (Å²) in [7, 11) is -3.56. The third kappa shape index (κ3) is 4.73. The van der Waals surface area contributed by atoms with Gasteiger partial charge in [-0.1, -0.05) is 17.7 Å². The number of nitrogens with zero attached hydrogens (tertiary/aromatic N) is 2. The van der Waals surface area contributed by atoms with E-state index in [9.17, 15) is 18.0 Å². The van der Waals surface area contributed by atoms with Gasteiger partial charge in [-0.15, -0.1) is 0 Å². The Balaban J connectivity index is 1.34.